The van der Waals surface area contributed by atoms with Crippen molar-refractivity contribution in [1.29, 1.82) is 0 Å². The topological polar surface area (TPSA) is 110 Å². The summed E-state index contributed by atoms with van der Waals surface area (Å²) in [5, 5.41) is 7.85. The van der Waals surface area contributed by atoms with Crippen LogP contribution in [0.5, 0.6) is 0 Å². The number of para-hydroxylation sites is 2. The van der Waals surface area contributed by atoms with Crippen molar-refractivity contribution in [2.45, 2.75) is 6.54 Å². The van der Waals surface area contributed by atoms with Gasteiger partial charge in [0, 0.05) is 12.1 Å². The van der Waals surface area contributed by atoms with E-state index in [1.54, 1.807) is 60.0 Å². The second-order valence-electron chi connectivity index (χ2n) is 5.62. The van der Waals surface area contributed by atoms with Crippen LogP contribution in [0.4, 0.5) is 16.4 Å². The number of thiophene rings is 1. The van der Waals surface area contributed by atoms with E-state index in [4.69, 9.17) is 11.5 Å². The number of amides is 2. The predicted molar refractivity (Wildman–Crippen MR) is 105 cm³/mol. The standard InChI is InChI=1S/C19H18N4O2S/c20-15-3-1-2-4-16(15)23-18(24)13-7-5-12(6-8-13)11-22-19(25)14-9-10-26-17(14)21/h1-10H,11,20-21H2,(H,22,25)(H,23,24). The lowest BCUT2D eigenvalue weighted by Crippen LogP contribution is -2.23. The molecule has 6 N–H and O–H groups in total. The highest BCUT2D eigenvalue weighted by atomic mass is 32.1. The van der Waals surface area contributed by atoms with Crippen LogP contribution in [0.15, 0.2) is 60.0 Å². The number of nitrogens with two attached hydrogens (primary N) is 2. The second kappa shape index (κ2) is 7.71. The Morgan fingerprint density at radius 3 is 2.31 bits per heavy atom. The first-order chi connectivity index (χ1) is 12.5. The molecule has 3 rings (SSSR count). The van der Waals surface area contributed by atoms with Crippen LogP contribution in [0.25, 0.3) is 0 Å². The average molecular weight is 366 g/mol. The number of rotatable bonds is 5. The minimum atomic E-state index is -0.246. The monoisotopic (exact) mass is 366 g/mol. The number of nitrogens with one attached hydrogen (secondary N) is 2. The zero-order valence-corrected chi connectivity index (χ0v) is 14.7. The summed E-state index contributed by atoms with van der Waals surface area (Å²) in [4.78, 5) is 24.3. The summed E-state index contributed by atoms with van der Waals surface area (Å²) in [6.45, 7) is 0.349. The van der Waals surface area contributed by atoms with Crippen molar-refractivity contribution in [1.82, 2.24) is 5.32 Å². The van der Waals surface area contributed by atoms with Crippen molar-refractivity contribution >= 4 is 39.5 Å². The van der Waals surface area contributed by atoms with Gasteiger partial charge >= 0.3 is 0 Å². The molecule has 6 nitrogen and oxygen atoms in total. The fourth-order valence-corrected chi connectivity index (χ4v) is 3.00. The van der Waals surface area contributed by atoms with Crippen LogP contribution in [0, 0.1) is 0 Å². The van der Waals surface area contributed by atoms with Crippen molar-refractivity contribution < 1.29 is 9.59 Å². The van der Waals surface area contributed by atoms with Crippen LogP contribution in [-0.2, 0) is 6.54 Å². The summed E-state index contributed by atoms with van der Waals surface area (Å²) in [7, 11) is 0. The van der Waals surface area contributed by atoms with E-state index >= 15 is 0 Å². The molecule has 0 spiro atoms. The molecule has 0 saturated heterocycles. The van der Waals surface area contributed by atoms with E-state index in [0.29, 0.717) is 34.0 Å². The number of carbonyl (C=O) groups is 2. The molecule has 0 bridgehead atoms. The van der Waals surface area contributed by atoms with Crippen LogP contribution < -0.4 is 22.1 Å². The molecule has 132 valence electrons. The lowest BCUT2D eigenvalue weighted by molar-refractivity contribution is 0.0951. The molecular weight excluding hydrogens is 348 g/mol. The first-order valence-corrected chi connectivity index (χ1v) is 8.78. The molecule has 7 heteroatoms. The number of hydrogen-bond acceptors (Lipinski definition) is 5. The van der Waals surface area contributed by atoms with Gasteiger partial charge in [0.2, 0.25) is 0 Å². The van der Waals surface area contributed by atoms with Crippen LogP contribution in [0.3, 0.4) is 0 Å². The first kappa shape index (κ1) is 17.5. The zero-order valence-electron chi connectivity index (χ0n) is 13.9. The Morgan fingerprint density at radius 1 is 0.923 bits per heavy atom. The van der Waals surface area contributed by atoms with E-state index in [9.17, 15) is 9.59 Å². The Bertz CT molecular complexity index is 935. The normalized spacial score (nSPS) is 10.3. The quantitative estimate of drug-likeness (QED) is 0.520. The molecule has 3 aromatic rings. The van der Waals surface area contributed by atoms with Crippen LogP contribution in [0.1, 0.15) is 26.3 Å². The van der Waals surface area contributed by atoms with Gasteiger partial charge in [-0.15, -0.1) is 11.3 Å². The third-order valence-corrected chi connectivity index (χ3v) is 4.56. The van der Waals surface area contributed by atoms with E-state index in [1.807, 2.05) is 0 Å². The van der Waals surface area contributed by atoms with Gasteiger partial charge in [-0.2, -0.15) is 0 Å². The highest BCUT2D eigenvalue weighted by Crippen LogP contribution is 2.19. The fraction of sp³-hybridized carbons (Fsp3) is 0.0526. The zero-order chi connectivity index (χ0) is 18.5. The molecule has 26 heavy (non-hydrogen) atoms. The van der Waals surface area contributed by atoms with Gasteiger partial charge in [-0.25, -0.2) is 0 Å². The van der Waals surface area contributed by atoms with Gasteiger partial charge in [0.25, 0.3) is 11.8 Å². The van der Waals surface area contributed by atoms with Crippen molar-refractivity contribution in [3.8, 4) is 0 Å². The van der Waals surface area contributed by atoms with Crippen molar-refractivity contribution in [3.63, 3.8) is 0 Å². The Balaban J connectivity index is 1.60. The summed E-state index contributed by atoms with van der Waals surface area (Å²) in [5.41, 5.74) is 14.5. The van der Waals surface area contributed by atoms with E-state index < -0.39 is 0 Å². The van der Waals surface area contributed by atoms with Gasteiger partial charge < -0.3 is 22.1 Å². The number of hydrogen-bond donors (Lipinski definition) is 4. The van der Waals surface area contributed by atoms with Gasteiger partial charge in [-0.05, 0) is 41.3 Å². The van der Waals surface area contributed by atoms with Gasteiger partial charge in [0.05, 0.1) is 21.9 Å². The Kier molecular flexibility index (Phi) is 5.19. The molecule has 2 aromatic carbocycles. The molecule has 1 heterocycles. The second-order valence-corrected chi connectivity index (χ2v) is 6.57. The maximum atomic E-state index is 12.3. The lowest BCUT2D eigenvalue weighted by Gasteiger charge is -2.09. The Morgan fingerprint density at radius 2 is 1.65 bits per heavy atom. The lowest BCUT2D eigenvalue weighted by atomic mass is 10.1. The first-order valence-electron chi connectivity index (χ1n) is 7.90. The third kappa shape index (κ3) is 4.01. The molecule has 1 aromatic heterocycles. The molecule has 0 fully saturated rings. The molecule has 2 amide bonds. The third-order valence-electron chi connectivity index (χ3n) is 3.82. The van der Waals surface area contributed by atoms with Crippen molar-refractivity contribution in [2.75, 3.05) is 16.8 Å². The molecular formula is C19H18N4O2S. The maximum absolute atomic E-state index is 12.3. The van der Waals surface area contributed by atoms with E-state index in [1.165, 1.54) is 11.3 Å². The Labute approximate surface area is 154 Å². The SMILES string of the molecule is Nc1ccccc1NC(=O)c1ccc(CNC(=O)c2ccsc2N)cc1. The van der Waals surface area contributed by atoms with Gasteiger partial charge in [-0.1, -0.05) is 24.3 Å². The predicted octanol–water partition coefficient (Wildman–Crippen LogP) is 3.09. The van der Waals surface area contributed by atoms with E-state index in [0.717, 1.165) is 5.56 Å². The smallest absolute Gasteiger partial charge is 0.255 e. The molecule has 0 radical (unpaired) electrons. The number of anilines is 3. The molecule has 0 unspecified atom stereocenters. The molecule has 0 aliphatic rings. The summed E-state index contributed by atoms with van der Waals surface area (Å²) in [5.74, 6) is -0.463. The largest absolute Gasteiger partial charge is 0.397 e. The van der Waals surface area contributed by atoms with Gasteiger partial charge in [-0.3, -0.25) is 9.59 Å². The van der Waals surface area contributed by atoms with Crippen molar-refractivity contribution in [2.24, 2.45) is 0 Å². The van der Waals surface area contributed by atoms with E-state index in [2.05, 4.69) is 10.6 Å². The molecule has 0 atom stereocenters. The van der Waals surface area contributed by atoms with Crippen LogP contribution in [0.2, 0.25) is 0 Å². The fourth-order valence-electron chi connectivity index (χ4n) is 2.37. The van der Waals surface area contributed by atoms with Gasteiger partial charge in [0.1, 0.15) is 0 Å². The summed E-state index contributed by atoms with van der Waals surface area (Å²) < 4.78 is 0. The highest BCUT2D eigenvalue weighted by molar-refractivity contribution is 7.14. The van der Waals surface area contributed by atoms with Crippen LogP contribution in [-0.4, -0.2) is 11.8 Å². The van der Waals surface area contributed by atoms with E-state index in [-0.39, 0.29) is 11.8 Å². The van der Waals surface area contributed by atoms with Gasteiger partial charge in [0.15, 0.2) is 0 Å². The minimum Gasteiger partial charge on any atom is -0.397 e. The summed E-state index contributed by atoms with van der Waals surface area (Å²) in [6, 6.07) is 15.8. The number of benzene rings is 2. The number of nitrogen functional groups attached to an aromatic ring is 2. The number of carbonyl (C=O) groups excluding carboxylic acids is 2. The minimum absolute atomic E-state index is 0.217. The summed E-state index contributed by atoms with van der Waals surface area (Å²) >= 11 is 1.32. The molecule has 0 aliphatic heterocycles. The maximum Gasteiger partial charge on any atom is 0.255 e. The summed E-state index contributed by atoms with van der Waals surface area (Å²) in [6.07, 6.45) is 0. The van der Waals surface area contributed by atoms with Crippen molar-refractivity contribution in [3.05, 3.63) is 76.7 Å². The Hall–Kier alpha value is -3.32. The average Bonchev–Trinajstić information content (AvgIpc) is 3.08. The highest BCUT2D eigenvalue weighted by Gasteiger charge is 2.11. The van der Waals surface area contributed by atoms with Crippen LogP contribution >= 0.6 is 11.3 Å². The molecule has 0 aliphatic carbocycles. The molecule has 0 saturated carbocycles.